The first-order valence-electron chi connectivity index (χ1n) is 12.8. The van der Waals surface area contributed by atoms with Crippen molar-refractivity contribution >= 4 is 5.97 Å². The van der Waals surface area contributed by atoms with E-state index >= 15 is 0 Å². The number of ether oxygens (including phenoxy) is 7. The van der Waals surface area contributed by atoms with E-state index < -0.39 is 12.1 Å². The average molecular weight is 537 g/mol. The minimum Gasteiger partial charge on any atom is -0.493 e. The number of hydrogen-bond donors (Lipinski definition) is 0. The van der Waals surface area contributed by atoms with Gasteiger partial charge in [0.05, 0.1) is 48.2 Å². The highest BCUT2D eigenvalue weighted by Gasteiger charge is 2.39. The fraction of sp³-hybridized carbons (Fsp3) is 0.387. The van der Waals surface area contributed by atoms with Crippen molar-refractivity contribution in [2.24, 2.45) is 11.8 Å². The summed E-state index contributed by atoms with van der Waals surface area (Å²) >= 11 is 0. The van der Waals surface area contributed by atoms with Crippen LogP contribution in [0.4, 0.5) is 0 Å². The zero-order valence-corrected chi connectivity index (χ0v) is 23.7. The minimum absolute atomic E-state index is 0.0774. The van der Waals surface area contributed by atoms with Crippen LogP contribution in [0, 0.1) is 11.8 Å². The number of carbonyl (C=O) groups excluding carboxylic acids is 1. The Morgan fingerprint density at radius 1 is 0.692 bits per heavy atom. The minimum atomic E-state index is -0.637. The molecule has 1 aliphatic carbocycles. The van der Waals surface area contributed by atoms with E-state index in [1.807, 2.05) is 30.3 Å². The first-order chi connectivity index (χ1) is 18.8. The van der Waals surface area contributed by atoms with Gasteiger partial charge < -0.3 is 33.2 Å². The highest BCUT2D eigenvalue weighted by atomic mass is 16.6. The average Bonchev–Trinajstić information content (AvgIpc) is 2.97. The standard InChI is InChI=1S/C31H36O8/c1-17-14-20-15-22(33-3)27(35-5)29(37-7)24(20)25-21(16-23(34-4)28(36-6)30(25)38-8)26(18(17)2)39-31(32)19-12-10-9-11-13-19/h9-13,15-18,26H,14H2,1-8H3/t17-,18-,26-/m1/s1. The molecule has 8 nitrogen and oxygen atoms in total. The van der Waals surface area contributed by atoms with Crippen LogP contribution in [-0.2, 0) is 11.2 Å². The van der Waals surface area contributed by atoms with Crippen LogP contribution in [-0.4, -0.2) is 48.6 Å². The third-order valence-corrected chi connectivity index (χ3v) is 7.49. The molecule has 0 radical (unpaired) electrons. The third-order valence-electron chi connectivity index (χ3n) is 7.49. The van der Waals surface area contributed by atoms with Gasteiger partial charge in [-0.05, 0) is 42.2 Å². The highest BCUT2D eigenvalue weighted by Crippen LogP contribution is 2.57. The van der Waals surface area contributed by atoms with Crippen LogP contribution in [0.1, 0.15) is 41.4 Å². The second kappa shape index (κ2) is 11.8. The smallest absolute Gasteiger partial charge is 0.338 e. The molecule has 0 bridgehead atoms. The molecule has 0 saturated heterocycles. The number of esters is 1. The number of benzene rings is 3. The van der Waals surface area contributed by atoms with E-state index in [0.717, 1.165) is 11.1 Å². The van der Waals surface area contributed by atoms with Crippen molar-refractivity contribution in [1.29, 1.82) is 0 Å². The summed E-state index contributed by atoms with van der Waals surface area (Å²) in [7, 11) is 9.44. The summed E-state index contributed by atoms with van der Waals surface area (Å²) in [6.45, 7) is 4.23. The molecule has 3 aromatic carbocycles. The normalized spacial score (nSPS) is 18.0. The van der Waals surface area contributed by atoms with Gasteiger partial charge in [-0.2, -0.15) is 0 Å². The second-order valence-corrected chi connectivity index (χ2v) is 9.52. The summed E-state index contributed by atoms with van der Waals surface area (Å²) in [6.07, 6.45) is 0.0196. The second-order valence-electron chi connectivity index (χ2n) is 9.52. The lowest BCUT2D eigenvalue weighted by Gasteiger charge is -2.35. The van der Waals surface area contributed by atoms with E-state index in [1.54, 1.807) is 54.8 Å². The summed E-state index contributed by atoms with van der Waals surface area (Å²) < 4.78 is 41.2. The molecule has 0 aliphatic heterocycles. The Balaban J connectivity index is 2.11. The molecule has 4 rings (SSSR count). The summed E-state index contributed by atoms with van der Waals surface area (Å²) in [5, 5.41) is 0. The summed E-state index contributed by atoms with van der Waals surface area (Å²) in [5.41, 5.74) is 3.58. The highest BCUT2D eigenvalue weighted by molar-refractivity contribution is 5.91. The number of hydrogen-bond acceptors (Lipinski definition) is 8. The van der Waals surface area contributed by atoms with E-state index in [4.69, 9.17) is 33.2 Å². The van der Waals surface area contributed by atoms with Crippen LogP contribution in [0.15, 0.2) is 42.5 Å². The first-order valence-corrected chi connectivity index (χ1v) is 12.8. The van der Waals surface area contributed by atoms with Crippen molar-refractivity contribution in [3.05, 3.63) is 59.2 Å². The molecule has 8 heteroatoms. The molecule has 208 valence electrons. The van der Waals surface area contributed by atoms with Gasteiger partial charge in [-0.3, -0.25) is 0 Å². The van der Waals surface area contributed by atoms with Gasteiger partial charge in [0, 0.05) is 22.6 Å². The lowest BCUT2D eigenvalue weighted by atomic mass is 9.75. The van der Waals surface area contributed by atoms with Crippen LogP contribution >= 0.6 is 0 Å². The van der Waals surface area contributed by atoms with Crippen molar-refractivity contribution in [2.75, 3.05) is 42.7 Å². The monoisotopic (exact) mass is 536 g/mol. The Bertz CT molecular complexity index is 1330. The van der Waals surface area contributed by atoms with Gasteiger partial charge in [0.2, 0.25) is 11.5 Å². The number of rotatable bonds is 8. The van der Waals surface area contributed by atoms with Gasteiger partial charge in [-0.25, -0.2) is 4.79 Å². The van der Waals surface area contributed by atoms with E-state index in [2.05, 4.69) is 13.8 Å². The Morgan fingerprint density at radius 2 is 1.23 bits per heavy atom. The largest absolute Gasteiger partial charge is 0.493 e. The molecular weight excluding hydrogens is 500 g/mol. The molecule has 39 heavy (non-hydrogen) atoms. The molecule has 0 saturated carbocycles. The number of carbonyl (C=O) groups is 1. The number of methoxy groups -OCH3 is 6. The molecule has 0 fully saturated rings. The maximum absolute atomic E-state index is 13.4. The Labute approximate surface area is 229 Å². The van der Waals surface area contributed by atoms with E-state index in [9.17, 15) is 4.79 Å². The maximum Gasteiger partial charge on any atom is 0.338 e. The van der Waals surface area contributed by atoms with E-state index in [1.165, 1.54) is 0 Å². The van der Waals surface area contributed by atoms with Crippen LogP contribution in [0.2, 0.25) is 0 Å². The van der Waals surface area contributed by atoms with E-state index in [0.29, 0.717) is 57.6 Å². The fourth-order valence-electron chi connectivity index (χ4n) is 5.34. The van der Waals surface area contributed by atoms with Crippen molar-refractivity contribution in [1.82, 2.24) is 0 Å². The predicted octanol–water partition coefficient (Wildman–Crippen LogP) is 6.13. The molecule has 0 aromatic heterocycles. The summed E-state index contributed by atoms with van der Waals surface area (Å²) in [4.78, 5) is 13.4. The molecular formula is C31H36O8. The van der Waals surface area contributed by atoms with Gasteiger partial charge in [-0.1, -0.05) is 32.0 Å². The molecule has 0 heterocycles. The summed E-state index contributed by atoms with van der Waals surface area (Å²) in [6, 6.07) is 12.8. The van der Waals surface area contributed by atoms with Crippen LogP contribution in [0.25, 0.3) is 11.1 Å². The van der Waals surface area contributed by atoms with Gasteiger partial charge in [0.15, 0.2) is 23.0 Å². The van der Waals surface area contributed by atoms with Crippen LogP contribution in [0.5, 0.6) is 34.5 Å². The van der Waals surface area contributed by atoms with Crippen molar-refractivity contribution < 1.29 is 38.0 Å². The molecule has 0 unspecified atom stereocenters. The molecule has 3 atom stereocenters. The zero-order valence-electron chi connectivity index (χ0n) is 23.7. The zero-order chi connectivity index (χ0) is 28.3. The SMILES string of the molecule is COc1cc2c(c(OC)c1OC)-c1c(cc(OC)c(OC)c1OC)[C@H](OC(=O)c1ccccc1)[C@H](C)[C@H](C)C2. The first kappa shape index (κ1) is 28.0. The van der Waals surface area contributed by atoms with Gasteiger partial charge in [-0.15, -0.1) is 0 Å². The molecule has 3 aromatic rings. The third kappa shape index (κ3) is 4.91. The quantitative estimate of drug-likeness (QED) is 0.318. The molecule has 1 aliphatic rings. The molecule has 0 N–H and O–H groups in total. The number of fused-ring (bicyclic) bond motifs is 3. The Morgan fingerprint density at radius 3 is 1.77 bits per heavy atom. The van der Waals surface area contributed by atoms with Crippen LogP contribution in [0.3, 0.4) is 0 Å². The Kier molecular flexibility index (Phi) is 8.43. The van der Waals surface area contributed by atoms with Gasteiger partial charge >= 0.3 is 5.97 Å². The molecule has 0 amide bonds. The van der Waals surface area contributed by atoms with Gasteiger partial charge in [0.25, 0.3) is 0 Å². The van der Waals surface area contributed by atoms with Crippen LogP contribution < -0.4 is 28.4 Å². The lowest BCUT2D eigenvalue weighted by molar-refractivity contribution is 0.00698. The fourth-order valence-corrected chi connectivity index (χ4v) is 5.34. The van der Waals surface area contributed by atoms with E-state index in [-0.39, 0.29) is 11.8 Å². The van der Waals surface area contributed by atoms with Crippen molar-refractivity contribution in [3.8, 4) is 45.6 Å². The summed E-state index contributed by atoms with van der Waals surface area (Å²) in [5.74, 6) is 2.39. The Hall–Kier alpha value is -4.07. The predicted molar refractivity (Wildman–Crippen MR) is 148 cm³/mol. The topological polar surface area (TPSA) is 81.7 Å². The maximum atomic E-state index is 13.4. The molecule has 0 spiro atoms. The lowest BCUT2D eigenvalue weighted by Crippen LogP contribution is -2.27. The van der Waals surface area contributed by atoms with Gasteiger partial charge in [0.1, 0.15) is 6.10 Å². The van der Waals surface area contributed by atoms with Crippen molar-refractivity contribution in [3.63, 3.8) is 0 Å². The van der Waals surface area contributed by atoms with Crippen molar-refractivity contribution in [2.45, 2.75) is 26.4 Å².